The summed E-state index contributed by atoms with van der Waals surface area (Å²) >= 11 is 0. The van der Waals surface area contributed by atoms with Gasteiger partial charge in [-0.1, -0.05) is 24.3 Å². The summed E-state index contributed by atoms with van der Waals surface area (Å²) in [6, 6.07) is 12.4. The van der Waals surface area contributed by atoms with Crippen molar-refractivity contribution in [1.82, 2.24) is 9.97 Å². The maximum atomic E-state index is 12.2. The number of fused-ring (bicyclic) bond motifs is 2. The molecule has 0 aliphatic carbocycles. The van der Waals surface area contributed by atoms with Crippen molar-refractivity contribution in [2.75, 3.05) is 0 Å². The molecule has 2 N–H and O–H groups in total. The first-order valence-electron chi connectivity index (χ1n) is 15.0. The predicted octanol–water partition coefficient (Wildman–Crippen LogP) is -7.17. The van der Waals surface area contributed by atoms with Crippen LogP contribution in [0.3, 0.4) is 0 Å². The Labute approximate surface area is 429 Å². The number of pyridine rings is 2. The van der Waals surface area contributed by atoms with Crippen LogP contribution in [0.15, 0.2) is 125 Å². The molecule has 2 aromatic heterocycles. The molecule has 4 aromatic carbocycles. The Bertz CT molecular complexity index is 2980. The van der Waals surface area contributed by atoms with Crippen molar-refractivity contribution in [1.29, 1.82) is 0 Å². The maximum Gasteiger partial charge on any atom is 1.00 e. The monoisotopic (exact) mass is 930 g/mol. The van der Waals surface area contributed by atoms with Gasteiger partial charge in [0.15, 0.2) is 11.5 Å². The molecule has 2 heterocycles. The number of benzene rings is 4. The number of aromatic hydroxyl groups is 2. The van der Waals surface area contributed by atoms with Crippen LogP contribution in [0.25, 0.3) is 34.0 Å². The molecule has 0 radical (unpaired) electrons. The van der Waals surface area contributed by atoms with Crippen molar-refractivity contribution < 1.29 is 180 Å². The Kier molecular flexibility index (Phi) is 18.9. The SMILES string of the molecule is O=S(=O)([O-])c1cc(N=Nc2cc(S(=O)(=O)[O-])c3cccnc3c2O)ccc1/C=C/c1ccc(N=Nc2cc(S(=O)(=O)[O-])c3cccnc3c2O)cc1S(=O)(=O)[O-].[Na+].[Na+].[Na+].[Na+]. The largest absolute Gasteiger partial charge is 1.00 e. The average molecular weight is 931 g/mol. The van der Waals surface area contributed by atoms with Crippen LogP contribution in [0.4, 0.5) is 22.7 Å². The van der Waals surface area contributed by atoms with Gasteiger partial charge < -0.3 is 28.4 Å². The van der Waals surface area contributed by atoms with E-state index in [9.17, 15) is 62.1 Å². The maximum absolute atomic E-state index is 12.2. The number of phenols is 2. The molecule has 6 aromatic rings. The predicted molar refractivity (Wildman–Crippen MR) is 189 cm³/mol. The Morgan fingerprint density at radius 3 is 1.12 bits per heavy atom. The van der Waals surface area contributed by atoms with Gasteiger partial charge in [-0.15, -0.1) is 10.2 Å². The quantitative estimate of drug-likeness (QED) is 0.0558. The number of phenolic OH excluding ortho intramolecular Hbond substituents is 2. The second-order valence-corrected chi connectivity index (χ2v) is 16.7. The summed E-state index contributed by atoms with van der Waals surface area (Å²) in [6.07, 6.45) is 4.38. The first kappa shape index (κ1) is 54.0. The van der Waals surface area contributed by atoms with E-state index < -0.39 is 82.9 Å². The van der Waals surface area contributed by atoms with Crippen LogP contribution in [0.2, 0.25) is 0 Å². The third-order valence-corrected chi connectivity index (χ3v) is 11.2. The van der Waals surface area contributed by atoms with E-state index in [0.29, 0.717) is 0 Å². The number of hydrogen-bond donors (Lipinski definition) is 2. The fourth-order valence-corrected chi connectivity index (χ4v) is 7.98. The zero-order chi connectivity index (χ0) is 40.8. The summed E-state index contributed by atoms with van der Waals surface area (Å²) < 4.78 is 145. The van der Waals surface area contributed by atoms with Gasteiger partial charge in [0, 0.05) is 23.2 Å². The summed E-state index contributed by atoms with van der Waals surface area (Å²) in [4.78, 5) is 4.35. The van der Waals surface area contributed by atoms with E-state index in [1.165, 1.54) is 36.7 Å². The van der Waals surface area contributed by atoms with Crippen molar-refractivity contribution in [3.05, 3.63) is 96.3 Å². The van der Waals surface area contributed by atoms with E-state index in [1.807, 2.05) is 0 Å². The Hall–Kier alpha value is -2.12. The number of azo groups is 2. The first-order chi connectivity index (χ1) is 26.1. The van der Waals surface area contributed by atoms with Gasteiger partial charge >= 0.3 is 118 Å². The second kappa shape index (κ2) is 21.0. The van der Waals surface area contributed by atoms with E-state index in [1.54, 1.807) is 0 Å². The summed E-state index contributed by atoms with van der Waals surface area (Å²) in [5, 5.41) is 35.7. The molecule has 60 heavy (non-hydrogen) atoms. The van der Waals surface area contributed by atoms with E-state index >= 15 is 0 Å². The van der Waals surface area contributed by atoms with E-state index in [0.717, 1.165) is 60.7 Å². The molecule has 0 bridgehead atoms. The zero-order valence-electron chi connectivity index (χ0n) is 31.3. The Morgan fingerprint density at radius 2 is 0.800 bits per heavy atom. The fourth-order valence-electron chi connectivity index (χ4n) is 5.22. The van der Waals surface area contributed by atoms with Gasteiger partial charge in [0.2, 0.25) is 0 Å². The molecule has 0 saturated carbocycles. The second-order valence-electron chi connectivity index (χ2n) is 11.3. The molecule has 0 spiro atoms. The number of aromatic nitrogens is 2. The summed E-state index contributed by atoms with van der Waals surface area (Å²) in [5.41, 5.74) is -2.94. The molecule has 0 aliphatic rings. The van der Waals surface area contributed by atoms with E-state index in [4.69, 9.17) is 0 Å². The average Bonchev–Trinajstić information content (AvgIpc) is 3.12. The van der Waals surface area contributed by atoms with Crippen LogP contribution in [-0.2, 0) is 40.5 Å². The number of hydrogen-bond acceptors (Lipinski definition) is 20. The Balaban J connectivity index is 0.00000310. The molecular weight excluding hydrogens is 913 g/mol. The van der Waals surface area contributed by atoms with Crippen molar-refractivity contribution in [3.8, 4) is 11.5 Å². The number of rotatable bonds is 10. The fraction of sp³-hybridized carbons (Fsp3) is 0. The van der Waals surface area contributed by atoms with Crippen molar-refractivity contribution in [3.63, 3.8) is 0 Å². The van der Waals surface area contributed by atoms with Gasteiger partial charge in [-0.3, -0.25) is 9.97 Å². The van der Waals surface area contributed by atoms with Crippen LogP contribution in [0.5, 0.6) is 11.5 Å². The van der Waals surface area contributed by atoms with Gasteiger partial charge in [-0.2, -0.15) is 10.2 Å². The molecule has 0 aliphatic heterocycles. The van der Waals surface area contributed by atoms with Crippen LogP contribution in [0.1, 0.15) is 11.1 Å². The van der Waals surface area contributed by atoms with Gasteiger partial charge in [0.05, 0.1) is 31.0 Å². The molecule has 0 saturated heterocycles. The topological polar surface area (TPSA) is 344 Å². The summed E-state index contributed by atoms with van der Waals surface area (Å²) in [7, 11) is -20.8. The van der Waals surface area contributed by atoms with Crippen molar-refractivity contribution in [2.24, 2.45) is 20.5 Å². The first-order valence-corrected chi connectivity index (χ1v) is 20.6. The van der Waals surface area contributed by atoms with Crippen LogP contribution >= 0.6 is 0 Å². The van der Waals surface area contributed by atoms with Crippen molar-refractivity contribution in [2.45, 2.75) is 19.6 Å². The molecule has 288 valence electrons. The summed E-state index contributed by atoms with van der Waals surface area (Å²) in [5.74, 6) is -1.34. The van der Waals surface area contributed by atoms with Gasteiger partial charge in [-0.25, -0.2) is 33.7 Å². The molecular formula is C32H18N6Na4O14S4. The number of nitrogens with zero attached hydrogens (tertiary/aromatic N) is 6. The minimum Gasteiger partial charge on any atom is -0.744 e. The van der Waals surface area contributed by atoms with Crippen molar-refractivity contribution >= 4 is 97.2 Å². The van der Waals surface area contributed by atoms with Gasteiger partial charge in [0.25, 0.3) is 0 Å². The smallest absolute Gasteiger partial charge is 0.744 e. The molecule has 20 nitrogen and oxygen atoms in total. The van der Waals surface area contributed by atoms with Gasteiger partial charge in [0.1, 0.15) is 62.9 Å². The molecule has 28 heteroatoms. The minimum atomic E-state index is -5.29. The zero-order valence-corrected chi connectivity index (χ0v) is 42.6. The third-order valence-electron chi connectivity index (χ3n) is 7.68. The third kappa shape index (κ3) is 12.3. The standard InChI is InChI=1S/C32H22N6O14S4.4Na/c39-31-23(15-27(55(47,48)49)21-3-1-11-33-29(21)31)37-35-19-9-7-17(25(13-19)53(41,42)43)5-6-18-8-10-20(14-26(18)54(44,45)46)36-38-24-16-28(56(50,51)52)22-4-2-12-34-30(22)32(24)40;;;;/h1-16,39-40H,(H,41,42,43)(H,44,45,46)(H,47,48,49)(H,50,51,52);;;;/q;4*+1/p-4/b6-5+,37-35?,38-36?;;;;. The van der Waals surface area contributed by atoms with Gasteiger partial charge in [-0.05, 0) is 71.8 Å². The molecule has 6 rings (SSSR count). The molecule has 0 amide bonds. The van der Waals surface area contributed by atoms with Crippen LogP contribution in [-0.4, -0.2) is 72.1 Å². The molecule has 0 atom stereocenters. The van der Waals surface area contributed by atoms with Crippen LogP contribution < -0.4 is 118 Å². The summed E-state index contributed by atoms with van der Waals surface area (Å²) in [6.45, 7) is 0. The molecule has 0 unspecified atom stereocenters. The van der Waals surface area contributed by atoms with E-state index in [2.05, 4.69) is 30.4 Å². The normalized spacial score (nSPS) is 12.3. The van der Waals surface area contributed by atoms with Crippen LogP contribution in [0, 0.1) is 0 Å². The van der Waals surface area contributed by atoms with E-state index in [-0.39, 0.29) is 163 Å². The molecule has 0 fully saturated rings. The minimum absolute atomic E-state index is 0. The Morgan fingerprint density at radius 1 is 0.467 bits per heavy atom.